The highest BCUT2D eigenvalue weighted by Crippen LogP contribution is 2.28. The average molecular weight is 340 g/mol. The van der Waals surface area contributed by atoms with Crippen LogP contribution in [0.3, 0.4) is 0 Å². The van der Waals surface area contributed by atoms with Gasteiger partial charge in [0.1, 0.15) is 0 Å². The van der Waals surface area contributed by atoms with Crippen LogP contribution >= 0.6 is 0 Å². The molecule has 24 heavy (non-hydrogen) atoms. The molecule has 0 aromatic heterocycles. The summed E-state index contributed by atoms with van der Waals surface area (Å²) in [6, 6.07) is 0. The Morgan fingerprint density at radius 1 is 0.875 bits per heavy atom. The summed E-state index contributed by atoms with van der Waals surface area (Å²) in [6.07, 6.45) is 21.1. The summed E-state index contributed by atoms with van der Waals surface area (Å²) in [5.41, 5.74) is 4.92. The average Bonchev–Trinajstić information content (AvgIpc) is 2.55. The molecule has 0 aliphatic carbocycles. The zero-order chi connectivity index (χ0) is 18.1. The standard InChI is InChI=1S/C21H41NO2/c1-3-4-5-6-7-8-9-10-11-12-13-14-15-16-17-21(2,18-19-23)20(22)24/h10-11,23H,3-9,12-19H2,1-2H3,(H2,22,24)/b11-10-/t21-/m1/s1. The number of aliphatic hydroxyl groups excluding tert-OH is 1. The van der Waals surface area contributed by atoms with Crippen molar-refractivity contribution in [1.29, 1.82) is 0 Å². The van der Waals surface area contributed by atoms with Crippen LogP contribution in [0.15, 0.2) is 12.2 Å². The van der Waals surface area contributed by atoms with E-state index in [1.807, 2.05) is 6.92 Å². The van der Waals surface area contributed by atoms with Crippen molar-refractivity contribution in [2.75, 3.05) is 6.61 Å². The summed E-state index contributed by atoms with van der Waals surface area (Å²) in [4.78, 5) is 11.5. The number of hydrogen-bond donors (Lipinski definition) is 2. The molecule has 3 nitrogen and oxygen atoms in total. The number of rotatable bonds is 17. The number of unbranched alkanes of at least 4 members (excludes halogenated alkanes) is 10. The second-order valence-corrected chi connectivity index (χ2v) is 7.38. The Labute approximate surface area is 150 Å². The van der Waals surface area contributed by atoms with Gasteiger partial charge in [0.05, 0.1) is 0 Å². The van der Waals surface area contributed by atoms with E-state index in [-0.39, 0.29) is 12.5 Å². The van der Waals surface area contributed by atoms with Crippen LogP contribution in [0.4, 0.5) is 0 Å². The van der Waals surface area contributed by atoms with Gasteiger partial charge < -0.3 is 10.8 Å². The molecule has 142 valence electrons. The van der Waals surface area contributed by atoms with E-state index in [2.05, 4.69) is 19.1 Å². The number of carbonyl (C=O) groups is 1. The van der Waals surface area contributed by atoms with Crippen molar-refractivity contribution in [1.82, 2.24) is 0 Å². The van der Waals surface area contributed by atoms with E-state index in [0.29, 0.717) is 6.42 Å². The first-order chi connectivity index (χ1) is 11.6. The van der Waals surface area contributed by atoms with Gasteiger partial charge in [0.25, 0.3) is 0 Å². The molecule has 3 heteroatoms. The molecular formula is C21H41NO2. The number of aliphatic hydroxyl groups is 1. The van der Waals surface area contributed by atoms with Gasteiger partial charge in [0.2, 0.25) is 5.91 Å². The van der Waals surface area contributed by atoms with Crippen molar-refractivity contribution in [2.24, 2.45) is 11.1 Å². The molecule has 0 spiro atoms. The molecule has 0 fully saturated rings. The molecule has 1 atom stereocenters. The lowest BCUT2D eigenvalue weighted by Gasteiger charge is -2.24. The van der Waals surface area contributed by atoms with Crippen LogP contribution < -0.4 is 5.73 Å². The topological polar surface area (TPSA) is 63.3 Å². The summed E-state index contributed by atoms with van der Waals surface area (Å²) >= 11 is 0. The van der Waals surface area contributed by atoms with Crippen LogP contribution in [-0.2, 0) is 4.79 Å². The van der Waals surface area contributed by atoms with E-state index in [1.165, 1.54) is 64.2 Å². The molecule has 0 aliphatic heterocycles. The summed E-state index contributed by atoms with van der Waals surface area (Å²) in [6.45, 7) is 4.16. The SMILES string of the molecule is CCCCCCCC/C=C\CCCCCC[C@](C)(CCO)C(N)=O. The minimum Gasteiger partial charge on any atom is -0.396 e. The van der Waals surface area contributed by atoms with Gasteiger partial charge in [-0.05, 0) is 38.5 Å². The molecule has 0 aliphatic rings. The smallest absolute Gasteiger partial charge is 0.223 e. The number of amides is 1. The van der Waals surface area contributed by atoms with Gasteiger partial charge in [-0.1, -0.05) is 77.4 Å². The molecule has 0 aromatic carbocycles. The molecule has 0 radical (unpaired) electrons. The zero-order valence-corrected chi connectivity index (χ0v) is 16.2. The van der Waals surface area contributed by atoms with E-state index in [0.717, 1.165) is 19.3 Å². The first kappa shape index (κ1) is 23.2. The molecule has 0 saturated heterocycles. The minimum absolute atomic E-state index is 0.0306. The highest BCUT2D eigenvalue weighted by Gasteiger charge is 2.29. The Hall–Kier alpha value is -0.830. The van der Waals surface area contributed by atoms with E-state index < -0.39 is 5.41 Å². The second-order valence-electron chi connectivity index (χ2n) is 7.38. The van der Waals surface area contributed by atoms with Crippen LogP contribution in [0.2, 0.25) is 0 Å². The minimum atomic E-state index is -0.536. The zero-order valence-electron chi connectivity index (χ0n) is 16.2. The molecule has 0 heterocycles. The predicted molar refractivity (Wildman–Crippen MR) is 104 cm³/mol. The molecule has 0 saturated carbocycles. The van der Waals surface area contributed by atoms with E-state index in [1.54, 1.807) is 0 Å². The van der Waals surface area contributed by atoms with Crippen molar-refractivity contribution in [3.63, 3.8) is 0 Å². The van der Waals surface area contributed by atoms with Crippen molar-refractivity contribution in [3.8, 4) is 0 Å². The van der Waals surface area contributed by atoms with Gasteiger partial charge >= 0.3 is 0 Å². The fraction of sp³-hybridized carbons (Fsp3) is 0.857. The lowest BCUT2D eigenvalue weighted by molar-refractivity contribution is -0.128. The van der Waals surface area contributed by atoms with Crippen molar-refractivity contribution < 1.29 is 9.90 Å². The first-order valence-corrected chi connectivity index (χ1v) is 10.1. The summed E-state index contributed by atoms with van der Waals surface area (Å²) in [5.74, 6) is -0.283. The molecule has 0 aromatic rings. The van der Waals surface area contributed by atoms with Gasteiger partial charge in [0.15, 0.2) is 0 Å². The third kappa shape index (κ3) is 12.6. The van der Waals surface area contributed by atoms with Crippen molar-refractivity contribution in [2.45, 2.75) is 104 Å². The Morgan fingerprint density at radius 2 is 1.38 bits per heavy atom. The summed E-state index contributed by atoms with van der Waals surface area (Å²) in [5, 5.41) is 9.05. The van der Waals surface area contributed by atoms with E-state index in [9.17, 15) is 4.79 Å². The molecule has 0 bridgehead atoms. The number of hydrogen-bond acceptors (Lipinski definition) is 2. The van der Waals surface area contributed by atoms with Crippen LogP contribution in [0.25, 0.3) is 0 Å². The van der Waals surface area contributed by atoms with Crippen LogP contribution in [0.5, 0.6) is 0 Å². The molecule has 3 N–H and O–H groups in total. The Balaban J connectivity index is 3.47. The van der Waals surface area contributed by atoms with E-state index in [4.69, 9.17) is 10.8 Å². The highest BCUT2D eigenvalue weighted by atomic mass is 16.3. The maximum absolute atomic E-state index is 11.5. The maximum Gasteiger partial charge on any atom is 0.223 e. The third-order valence-corrected chi connectivity index (χ3v) is 5.00. The molecular weight excluding hydrogens is 298 g/mol. The highest BCUT2D eigenvalue weighted by molar-refractivity contribution is 5.80. The van der Waals surface area contributed by atoms with Gasteiger partial charge in [-0.25, -0.2) is 0 Å². The molecule has 0 rings (SSSR count). The van der Waals surface area contributed by atoms with E-state index >= 15 is 0 Å². The summed E-state index contributed by atoms with van der Waals surface area (Å²) in [7, 11) is 0. The third-order valence-electron chi connectivity index (χ3n) is 5.00. The fourth-order valence-corrected chi connectivity index (χ4v) is 3.03. The lowest BCUT2D eigenvalue weighted by atomic mass is 9.81. The Kier molecular flexibility index (Phi) is 15.1. The maximum atomic E-state index is 11.5. The second kappa shape index (κ2) is 15.7. The van der Waals surface area contributed by atoms with Crippen LogP contribution in [-0.4, -0.2) is 17.6 Å². The number of allylic oxidation sites excluding steroid dienone is 2. The molecule has 1 amide bonds. The largest absolute Gasteiger partial charge is 0.396 e. The van der Waals surface area contributed by atoms with Crippen LogP contribution in [0, 0.1) is 5.41 Å². The van der Waals surface area contributed by atoms with Gasteiger partial charge in [0, 0.05) is 12.0 Å². The predicted octanol–water partition coefficient (Wildman–Crippen LogP) is 5.51. The number of carbonyl (C=O) groups excluding carboxylic acids is 1. The lowest BCUT2D eigenvalue weighted by Crippen LogP contribution is -2.35. The van der Waals surface area contributed by atoms with Crippen LogP contribution in [0.1, 0.15) is 104 Å². The van der Waals surface area contributed by atoms with Gasteiger partial charge in [-0.15, -0.1) is 0 Å². The Bertz CT molecular complexity index is 328. The quantitative estimate of drug-likeness (QED) is 0.271. The first-order valence-electron chi connectivity index (χ1n) is 10.1. The normalized spacial score (nSPS) is 14.1. The summed E-state index contributed by atoms with van der Waals surface area (Å²) < 4.78 is 0. The fourth-order valence-electron chi connectivity index (χ4n) is 3.03. The van der Waals surface area contributed by atoms with Crippen molar-refractivity contribution in [3.05, 3.63) is 12.2 Å². The number of nitrogens with two attached hydrogens (primary N) is 1. The monoisotopic (exact) mass is 339 g/mol. The van der Waals surface area contributed by atoms with Crippen molar-refractivity contribution >= 4 is 5.91 Å². The van der Waals surface area contributed by atoms with Gasteiger partial charge in [-0.2, -0.15) is 0 Å². The Morgan fingerprint density at radius 3 is 1.88 bits per heavy atom. The number of primary amides is 1. The van der Waals surface area contributed by atoms with Gasteiger partial charge in [-0.3, -0.25) is 4.79 Å². The molecule has 0 unspecified atom stereocenters.